The first-order valence-electron chi connectivity index (χ1n) is 6.69. The lowest BCUT2D eigenvalue weighted by atomic mass is 10.0. The van der Waals surface area contributed by atoms with Gasteiger partial charge in [-0.3, -0.25) is 0 Å². The van der Waals surface area contributed by atoms with E-state index >= 15 is 0 Å². The summed E-state index contributed by atoms with van der Waals surface area (Å²) in [6.07, 6.45) is 5.19. The van der Waals surface area contributed by atoms with Crippen molar-refractivity contribution in [1.82, 2.24) is 9.97 Å². The number of halogens is 1. The Labute approximate surface area is 139 Å². The average molecular weight is 370 g/mol. The molecule has 107 valence electrons. The topological polar surface area (TPSA) is 38.9 Å². The molecule has 0 spiro atoms. The maximum atomic E-state index is 5.41. The summed E-state index contributed by atoms with van der Waals surface area (Å²) in [6, 6.07) is 14.0. The van der Waals surface area contributed by atoms with E-state index in [-0.39, 0.29) is 0 Å². The van der Waals surface area contributed by atoms with Gasteiger partial charge in [-0.15, -0.1) is 11.3 Å². The zero-order valence-corrected chi connectivity index (χ0v) is 13.8. The van der Waals surface area contributed by atoms with Crippen molar-refractivity contribution < 1.29 is 4.42 Å². The van der Waals surface area contributed by atoms with Crippen molar-refractivity contribution in [2.24, 2.45) is 0 Å². The van der Waals surface area contributed by atoms with Gasteiger partial charge in [-0.1, -0.05) is 30.3 Å². The Morgan fingerprint density at radius 3 is 2.68 bits per heavy atom. The highest BCUT2D eigenvalue weighted by Crippen LogP contribution is 2.42. The third kappa shape index (κ3) is 2.36. The van der Waals surface area contributed by atoms with Gasteiger partial charge in [-0.25, -0.2) is 9.97 Å². The van der Waals surface area contributed by atoms with Crippen molar-refractivity contribution in [3.8, 4) is 11.1 Å². The standard InChI is InChI=1S/C17H10BrN2OS/c18-16-14(11-5-2-1-3-6-11)15-13(9-12-7-4-8-21-12)19-10-20-17(15)22-16/h1-10H. The Hall–Kier alpha value is -1.98. The molecule has 0 aliphatic carbocycles. The first kappa shape index (κ1) is 13.7. The molecular formula is C17H10BrN2OS. The summed E-state index contributed by atoms with van der Waals surface area (Å²) >= 11 is 5.29. The van der Waals surface area contributed by atoms with E-state index in [9.17, 15) is 0 Å². The fourth-order valence-electron chi connectivity index (χ4n) is 2.41. The second-order valence-electron chi connectivity index (χ2n) is 4.72. The van der Waals surface area contributed by atoms with Gasteiger partial charge in [0.25, 0.3) is 0 Å². The molecule has 0 amide bonds. The summed E-state index contributed by atoms with van der Waals surface area (Å²) in [6.45, 7) is 0. The largest absolute Gasteiger partial charge is 0.469 e. The minimum absolute atomic E-state index is 0.779. The molecule has 1 aromatic carbocycles. The molecule has 0 bridgehead atoms. The Morgan fingerprint density at radius 2 is 1.91 bits per heavy atom. The molecule has 0 atom stereocenters. The van der Waals surface area contributed by atoms with Crippen LogP contribution in [0.3, 0.4) is 0 Å². The molecule has 3 aromatic heterocycles. The summed E-state index contributed by atoms with van der Waals surface area (Å²) in [7, 11) is 0. The summed E-state index contributed by atoms with van der Waals surface area (Å²) in [4.78, 5) is 9.80. The molecule has 0 aliphatic rings. The van der Waals surface area contributed by atoms with Crippen LogP contribution in [0.15, 0.2) is 63.3 Å². The van der Waals surface area contributed by atoms with Gasteiger partial charge in [0.2, 0.25) is 0 Å². The molecule has 4 aromatic rings. The van der Waals surface area contributed by atoms with Crippen LogP contribution in [-0.4, -0.2) is 9.97 Å². The molecule has 1 radical (unpaired) electrons. The maximum absolute atomic E-state index is 5.41. The first-order chi connectivity index (χ1) is 10.8. The van der Waals surface area contributed by atoms with Crippen molar-refractivity contribution >= 4 is 37.5 Å². The molecule has 5 heteroatoms. The molecule has 4 rings (SSSR count). The van der Waals surface area contributed by atoms with Crippen LogP contribution >= 0.6 is 27.3 Å². The molecule has 0 unspecified atom stereocenters. The third-order valence-electron chi connectivity index (χ3n) is 3.36. The van der Waals surface area contributed by atoms with E-state index in [1.807, 2.05) is 36.8 Å². The molecule has 3 heterocycles. The fraction of sp³-hybridized carbons (Fsp3) is 0. The second kappa shape index (κ2) is 5.66. The number of furan rings is 1. The van der Waals surface area contributed by atoms with E-state index in [1.54, 1.807) is 23.9 Å². The Morgan fingerprint density at radius 1 is 1.05 bits per heavy atom. The molecular weight excluding hydrogens is 360 g/mol. The van der Waals surface area contributed by atoms with Gasteiger partial charge in [-0.05, 0) is 33.6 Å². The van der Waals surface area contributed by atoms with Crippen LogP contribution < -0.4 is 0 Å². The van der Waals surface area contributed by atoms with Crippen LogP contribution in [0.5, 0.6) is 0 Å². The number of rotatable bonds is 3. The molecule has 22 heavy (non-hydrogen) atoms. The monoisotopic (exact) mass is 369 g/mol. The number of thiophene rings is 1. The summed E-state index contributed by atoms with van der Waals surface area (Å²) < 4.78 is 6.47. The number of hydrogen-bond acceptors (Lipinski definition) is 4. The van der Waals surface area contributed by atoms with E-state index < -0.39 is 0 Å². The zero-order valence-electron chi connectivity index (χ0n) is 11.4. The summed E-state index contributed by atoms with van der Waals surface area (Å²) in [5, 5.41) is 1.04. The highest BCUT2D eigenvalue weighted by molar-refractivity contribution is 9.11. The van der Waals surface area contributed by atoms with Gasteiger partial charge in [0, 0.05) is 10.9 Å². The van der Waals surface area contributed by atoms with Crippen molar-refractivity contribution in [2.75, 3.05) is 0 Å². The van der Waals surface area contributed by atoms with Crippen LogP contribution in [0.1, 0.15) is 11.5 Å². The highest BCUT2D eigenvalue weighted by Gasteiger charge is 2.18. The van der Waals surface area contributed by atoms with Gasteiger partial charge in [0.1, 0.15) is 16.9 Å². The minimum Gasteiger partial charge on any atom is -0.469 e. The predicted molar refractivity (Wildman–Crippen MR) is 91.8 cm³/mol. The lowest BCUT2D eigenvalue weighted by Crippen LogP contribution is -1.92. The van der Waals surface area contributed by atoms with Gasteiger partial charge in [0.15, 0.2) is 0 Å². The third-order valence-corrected chi connectivity index (χ3v) is 5.13. The van der Waals surface area contributed by atoms with Crippen molar-refractivity contribution in [3.05, 3.63) is 76.7 Å². The first-order valence-corrected chi connectivity index (χ1v) is 8.30. The van der Waals surface area contributed by atoms with Crippen LogP contribution in [0.2, 0.25) is 0 Å². The Bertz CT molecular complexity index is 917. The van der Waals surface area contributed by atoms with Crippen molar-refractivity contribution in [3.63, 3.8) is 0 Å². The van der Waals surface area contributed by atoms with Crippen molar-refractivity contribution in [2.45, 2.75) is 0 Å². The van der Waals surface area contributed by atoms with E-state index in [2.05, 4.69) is 38.0 Å². The number of nitrogens with zero attached hydrogens (tertiary/aromatic N) is 2. The van der Waals surface area contributed by atoms with Crippen LogP contribution in [0.4, 0.5) is 0 Å². The fourth-order valence-corrected chi connectivity index (χ4v) is 4.20. The van der Waals surface area contributed by atoms with Gasteiger partial charge in [-0.2, -0.15) is 0 Å². The Balaban J connectivity index is 1.95. The molecule has 0 saturated carbocycles. The van der Waals surface area contributed by atoms with E-state index in [4.69, 9.17) is 4.42 Å². The zero-order chi connectivity index (χ0) is 14.9. The lowest BCUT2D eigenvalue weighted by Gasteiger charge is -2.04. The van der Waals surface area contributed by atoms with Crippen molar-refractivity contribution in [1.29, 1.82) is 0 Å². The van der Waals surface area contributed by atoms with Crippen LogP contribution in [-0.2, 0) is 0 Å². The van der Waals surface area contributed by atoms with Gasteiger partial charge < -0.3 is 4.42 Å². The lowest BCUT2D eigenvalue weighted by molar-refractivity contribution is 0.542. The predicted octanol–water partition coefficient (Wildman–Crippen LogP) is 5.31. The molecule has 0 aliphatic heterocycles. The number of fused-ring (bicyclic) bond motifs is 1. The average Bonchev–Trinajstić information content (AvgIpc) is 3.15. The summed E-state index contributed by atoms with van der Waals surface area (Å²) in [5.74, 6) is 0.779. The van der Waals surface area contributed by atoms with Crippen LogP contribution in [0, 0.1) is 6.42 Å². The molecule has 0 fully saturated rings. The number of hydrogen-bond donors (Lipinski definition) is 0. The number of aromatic nitrogens is 2. The molecule has 3 nitrogen and oxygen atoms in total. The quantitative estimate of drug-likeness (QED) is 0.490. The number of benzene rings is 1. The normalized spacial score (nSPS) is 11.1. The summed E-state index contributed by atoms with van der Waals surface area (Å²) in [5.41, 5.74) is 3.13. The maximum Gasteiger partial charge on any atom is 0.128 e. The second-order valence-corrected chi connectivity index (χ2v) is 7.03. The van der Waals surface area contributed by atoms with Gasteiger partial charge in [0.05, 0.1) is 22.2 Å². The SMILES string of the molecule is Brc1sc2ncnc([CH]c3ccco3)c2c1-c1ccccc1. The highest BCUT2D eigenvalue weighted by atomic mass is 79.9. The van der Waals surface area contributed by atoms with Crippen LogP contribution in [0.25, 0.3) is 21.3 Å². The smallest absolute Gasteiger partial charge is 0.128 e. The van der Waals surface area contributed by atoms with E-state index in [0.717, 1.165) is 36.6 Å². The van der Waals surface area contributed by atoms with E-state index in [0.29, 0.717) is 0 Å². The van der Waals surface area contributed by atoms with E-state index in [1.165, 1.54) is 0 Å². The molecule has 0 saturated heterocycles. The van der Waals surface area contributed by atoms with Gasteiger partial charge >= 0.3 is 0 Å². The molecule has 0 N–H and O–H groups in total. The minimum atomic E-state index is 0.779. The Kier molecular flexibility index (Phi) is 3.52.